The topological polar surface area (TPSA) is 101 Å². The van der Waals surface area contributed by atoms with Crippen molar-refractivity contribution in [2.45, 2.75) is 50.4 Å². The van der Waals surface area contributed by atoms with Gasteiger partial charge in [0.2, 0.25) is 5.79 Å². The summed E-state index contributed by atoms with van der Waals surface area (Å²) in [5.74, 6) is -1.55. The van der Waals surface area contributed by atoms with Crippen molar-refractivity contribution in [3.63, 3.8) is 0 Å². The third-order valence-electron chi connectivity index (χ3n) is 4.95. The molecule has 2 aliphatic rings. The number of esters is 1. The summed E-state index contributed by atoms with van der Waals surface area (Å²) >= 11 is 0. The van der Waals surface area contributed by atoms with Gasteiger partial charge >= 0.3 is 11.9 Å². The van der Waals surface area contributed by atoms with Gasteiger partial charge < -0.3 is 19.3 Å². The molecule has 0 radical (unpaired) electrons. The van der Waals surface area contributed by atoms with E-state index in [-0.39, 0.29) is 32.2 Å². The SMILES string of the molecule is C=C(c1ccc(OCCOC(=O)CCC(=O)O)cc1)C1COC2(CCCC2)OO1. The standard InChI is InChI=1S/C21H26O8/c1-15(18-14-27-21(29-28-18)10-2-3-11-21)16-4-6-17(7-5-16)25-12-13-26-20(24)9-8-19(22)23/h4-7,18H,1-3,8-14H2,(H,22,23). The zero-order chi connectivity index (χ0) is 20.7. The van der Waals surface area contributed by atoms with Crippen molar-refractivity contribution in [1.82, 2.24) is 0 Å². The van der Waals surface area contributed by atoms with Crippen molar-refractivity contribution in [2.75, 3.05) is 19.8 Å². The molecule has 3 rings (SSSR count). The van der Waals surface area contributed by atoms with E-state index in [0.717, 1.165) is 36.8 Å². The Labute approximate surface area is 169 Å². The van der Waals surface area contributed by atoms with E-state index in [1.807, 2.05) is 12.1 Å². The Balaban J connectivity index is 1.39. The molecule has 1 spiro atoms. The lowest BCUT2D eigenvalue weighted by Gasteiger charge is -2.36. The summed E-state index contributed by atoms with van der Waals surface area (Å²) in [4.78, 5) is 32.8. The molecule has 1 unspecified atom stereocenters. The Morgan fingerprint density at radius 2 is 1.86 bits per heavy atom. The first kappa shape index (κ1) is 21.3. The second kappa shape index (κ2) is 9.87. The molecule has 1 aliphatic heterocycles. The van der Waals surface area contributed by atoms with E-state index in [0.29, 0.717) is 12.4 Å². The number of benzene rings is 1. The van der Waals surface area contributed by atoms with Crippen LogP contribution < -0.4 is 4.74 Å². The summed E-state index contributed by atoms with van der Waals surface area (Å²) in [7, 11) is 0. The molecule has 1 atom stereocenters. The Hall–Kier alpha value is -2.42. The van der Waals surface area contributed by atoms with Gasteiger partial charge in [-0.15, -0.1) is 0 Å². The lowest BCUT2D eigenvalue weighted by molar-refractivity contribution is -0.475. The van der Waals surface area contributed by atoms with Gasteiger partial charge in [-0.3, -0.25) is 9.59 Å². The number of aliphatic carboxylic acids is 1. The van der Waals surface area contributed by atoms with Crippen LogP contribution in [0.15, 0.2) is 30.8 Å². The van der Waals surface area contributed by atoms with Crippen LogP contribution >= 0.6 is 0 Å². The summed E-state index contributed by atoms with van der Waals surface area (Å²) in [6, 6.07) is 7.30. The number of carboxylic acids is 1. The van der Waals surface area contributed by atoms with Gasteiger partial charge in [-0.1, -0.05) is 18.7 Å². The van der Waals surface area contributed by atoms with Crippen LogP contribution in [0.3, 0.4) is 0 Å². The number of rotatable bonds is 9. The molecule has 1 N–H and O–H groups in total. The van der Waals surface area contributed by atoms with E-state index in [4.69, 9.17) is 29.1 Å². The summed E-state index contributed by atoms with van der Waals surface area (Å²) in [5, 5.41) is 8.52. The minimum absolute atomic E-state index is 0.0548. The van der Waals surface area contributed by atoms with Gasteiger partial charge in [0.25, 0.3) is 0 Å². The maximum absolute atomic E-state index is 11.3. The van der Waals surface area contributed by atoms with Crippen LogP contribution in [0.5, 0.6) is 5.75 Å². The largest absolute Gasteiger partial charge is 0.490 e. The third kappa shape index (κ3) is 6.03. The zero-order valence-electron chi connectivity index (χ0n) is 16.3. The van der Waals surface area contributed by atoms with Crippen LogP contribution in [0, 0.1) is 0 Å². The van der Waals surface area contributed by atoms with E-state index in [1.54, 1.807) is 12.1 Å². The Morgan fingerprint density at radius 3 is 2.48 bits per heavy atom. The van der Waals surface area contributed by atoms with Crippen LogP contribution in [0.4, 0.5) is 0 Å². The van der Waals surface area contributed by atoms with E-state index in [9.17, 15) is 9.59 Å². The molecule has 1 saturated heterocycles. The highest BCUT2D eigenvalue weighted by Gasteiger charge is 2.42. The highest BCUT2D eigenvalue weighted by molar-refractivity contribution is 5.76. The number of carboxylic acid groups (broad SMARTS) is 1. The second-order valence-corrected chi connectivity index (χ2v) is 7.11. The first-order valence-corrected chi connectivity index (χ1v) is 9.75. The molecule has 1 saturated carbocycles. The normalized spacial score (nSPS) is 20.3. The summed E-state index contributed by atoms with van der Waals surface area (Å²) in [6.45, 7) is 4.73. The van der Waals surface area contributed by atoms with E-state index in [2.05, 4.69) is 6.58 Å². The maximum atomic E-state index is 11.3. The van der Waals surface area contributed by atoms with Crippen molar-refractivity contribution in [2.24, 2.45) is 0 Å². The predicted molar refractivity (Wildman–Crippen MR) is 102 cm³/mol. The fourth-order valence-corrected chi connectivity index (χ4v) is 3.27. The number of hydrogen-bond acceptors (Lipinski definition) is 7. The molecule has 0 amide bonds. The molecule has 8 heteroatoms. The first-order valence-electron chi connectivity index (χ1n) is 9.75. The van der Waals surface area contributed by atoms with Gasteiger partial charge in [-0.25, -0.2) is 9.78 Å². The van der Waals surface area contributed by atoms with Crippen LogP contribution in [0.1, 0.15) is 44.1 Å². The summed E-state index contributed by atoms with van der Waals surface area (Å²) in [6.07, 6.45) is 3.12. The van der Waals surface area contributed by atoms with Crippen molar-refractivity contribution < 1.29 is 38.7 Å². The van der Waals surface area contributed by atoms with Crippen molar-refractivity contribution in [3.8, 4) is 5.75 Å². The van der Waals surface area contributed by atoms with Gasteiger partial charge in [0.1, 0.15) is 25.1 Å². The van der Waals surface area contributed by atoms with Crippen molar-refractivity contribution in [1.29, 1.82) is 0 Å². The maximum Gasteiger partial charge on any atom is 0.306 e. The lowest BCUT2D eigenvalue weighted by Crippen LogP contribution is -2.43. The van der Waals surface area contributed by atoms with Crippen LogP contribution in [0.25, 0.3) is 5.57 Å². The molecule has 1 aromatic rings. The molecule has 2 fully saturated rings. The Morgan fingerprint density at radius 1 is 1.14 bits per heavy atom. The molecule has 1 aliphatic carbocycles. The van der Waals surface area contributed by atoms with E-state index < -0.39 is 17.7 Å². The molecule has 0 aromatic heterocycles. The second-order valence-electron chi connectivity index (χ2n) is 7.11. The van der Waals surface area contributed by atoms with Gasteiger partial charge in [0.05, 0.1) is 19.4 Å². The van der Waals surface area contributed by atoms with E-state index >= 15 is 0 Å². The smallest absolute Gasteiger partial charge is 0.306 e. The molecule has 1 aromatic carbocycles. The molecule has 158 valence electrons. The highest BCUT2D eigenvalue weighted by Crippen LogP contribution is 2.39. The van der Waals surface area contributed by atoms with Crippen LogP contribution in [0.2, 0.25) is 0 Å². The number of carbonyl (C=O) groups is 2. The minimum Gasteiger partial charge on any atom is -0.490 e. The van der Waals surface area contributed by atoms with Gasteiger partial charge in [-0.2, -0.15) is 0 Å². The Bertz CT molecular complexity index is 711. The molecule has 8 nitrogen and oxygen atoms in total. The monoisotopic (exact) mass is 406 g/mol. The molecule has 29 heavy (non-hydrogen) atoms. The number of hydrogen-bond donors (Lipinski definition) is 1. The highest BCUT2D eigenvalue weighted by atomic mass is 17.2. The van der Waals surface area contributed by atoms with Gasteiger partial charge in [-0.05, 0) is 36.1 Å². The molecular formula is C21H26O8. The predicted octanol–water partition coefficient (Wildman–Crippen LogP) is 3.10. The minimum atomic E-state index is -1.03. The number of ether oxygens (including phenoxy) is 3. The first-order chi connectivity index (χ1) is 14.0. The average molecular weight is 406 g/mol. The summed E-state index contributed by atoms with van der Waals surface area (Å²) < 4.78 is 16.3. The fraction of sp³-hybridized carbons (Fsp3) is 0.524. The molecule has 0 bridgehead atoms. The van der Waals surface area contributed by atoms with Gasteiger partial charge in [0.15, 0.2) is 0 Å². The van der Waals surface area contributed by atoms with E-state index in [1.165, 1.54) is 0 Å². The third-order valence-corrected chi connectivity index (χ3v) is 4.95. The quantitative estimate of drug-likeness (QED) is 0.379. The van der Waals surface area contributed by atoms with Crippen molar-refractivity contribution in [3.05, 3.63) is 36.4 Å². The van der Waals surface area contributed by atoms with Crippen LogP contribution in [-0.4, -0.2) is 48.8 Å². The van der Waals surface area contributed by atoms with Crippen molar-refractivity contribution >= 4 is 17.5 Å². The fourth-order valence-electron chi connectivity index (χ4n) is 3.27. The van der Waals surface area contributed by atoms with Gasteiger partial charge in [0, 0.05) is 12.8 Å². The lowest BCUT2D eigenvalue weighted by atomic mass is 10.0. The Kier molecular flexibility index (Phi) is 7.24. The van der Waals surface area contributed by atoms with Crippen LogP contribution in [-0.2, 0) is 28.8 Å². The molecule has 1 heterocycles. The summed E-state index contributed by atoms with van der Waals surface area (Å²) in [5.41, 5.74) is 1.65. The molecular weight excluding hydrogens is 380 g/mol. The zero-order valence-corrected chi connectivity index (χ0v) is 16.3. The number of carbonyl (C=O) groups excluding carboxylic acids is 1. The average Bonchev–Trinajstić information content (AvgIpc) is 3.18.